The molecule has 1 atom stereocenters. The molecule has 2 N–H and O–H groups in total. The fourth-order valence-electron chi connectivity index (χ4n) is 5.34. The number of aromatic nitrogens is 1. The summed E-state index contributed by atoms with van der Waals surface area (Å²) in [6, 6.07) is 16.5. The van der Waals surface area contributed by atoms with E-state index in [0.717, 1.165) is 0 Å². The number of rotatable bonds is 13. The maximum absolute atomic E-state index is 13.5. The molecule has 0 radical (unpaired) electrons. The molecule has 3 aromatic carbocycles. The quantitative estimate of drug-likeness (QED) is 0.113. The molecule has 252 valence electrons. The summed E-state index contributed by atoms with van der Waals surface area (Å²) in [4.78, 5) is 17.4. The van der Waals surface area contributed by atoms with Crippen molar-refractivity contribution >= 4 is 63.2 Å². The second-order valence-electron chi connectivity index (χ2n) is 11.1. The number of carbonyl (C=O) groups excluding carboxylic acids is 1. The number of amides is 1. The van der Waals surface area contributed by atoms with Gasteiger partial charge >= 0.3 is 0 Å². The molecule has 0 spiro atoms. The Balaban J connectivity index is 1.32. The van der Waals surface area contributed by atoms with E-state index in [1.165, 1.54) is 18.3 Å². The van der Waals surface area contributed by atoms with Gasteiger partial charge in [-0.3, -0.25) is 9.78 Å². The second-order valence-corrected chi connectivity index (χ2v) is 17.6. The zero-order valence-electron chi connectivity index (χ0n) is 25.8. The topological polar surface area (TPSA) is 165 Å². The van der Waals surface area contributed by atoms with Crippen molar-refractivity contribution in [3.63, 3.8) is 0 Å². The highest BCUT2D eigenvalue weighted by Gasteiger charge is 2.44. The highest BCUT2D eigenvalue weighted by Crippen LogP contribution is 2.38. The number of nitriles is 1. The molecular formula is C33H32ClFN4O7S2. The first-order valence-corrected chi connectivity index (χ1v) is 19.2. The SMILES string of the molecule is CCOc1cc2ncc(C#N)c(Nc3ccc(OCc4cccc(F)c4)c(Cl)c3)c2cc1NC(=O)CCCCC1CCS(=O)(=O)S1(=O)=O. The maximum Gasteiger partial charge on any atom is 0.256 e. The van der Waals surface area contributed by atoms with Crippen LogP contribution in [0.1, 0.15) is 50.2 Å². The number of nitrogens with zero attached hydrogens (tertiary/aromatic N) is 2. The first kappa shape index (κ1) is 34.9. The summed E-state index contributed by atoms with van der Waals surface area (Å²) >= 11 is 6.50. The van der Waals surface area contributed by atoms with Crippen LogP contribution in [0.5, 0.6) is 11.5 Å². The van der Waals surface area contributed by atoms with Crippen LogP contribution in [0, 0.1) is 17.1 Å². The molecule has 1 aromatic heterocycles. The zero-order chi connectivity index (χ0) is 34.5. The Morgan fingerprint density at radius 2 is 1.90 bits per heavy atom. The van der Waals surface area contributed by atoms with E-state index in [1.54, 1.807) is 49.4 Å². The molecule has 15 heteroatoms. The number of anilines is 3. The average molecular weight is 715 g/mol. The van der Waals surface area contributed by atoms with E-state index in [2.05, 4.69) is 21.7 Å². The highest BCUT2D eigenvalue weighted by atomic mass is 35.5. The van der Waals surface area contributed by atoms with Crippen molar-refractivity contribution in [2.75, 3.05) is 23.0 Å². The van der Waals surface area contributed by atoms with Crippen LogP contribution >= 0.6 is 11.6 Å². The lowest BCUT2D eigenvalue weighted by Gasteiger charge is -2.17. The van der Waals surface area contributed by atoms with Crippen LogP contribution in [0.2, 0.25) is 5.02 Å². The van der Waals surface area contributed by atoms with E-state index in [0.29, 0.717) is 64.5 Å². The standard InChI is InChI=1S/C33H32ClFN4O7S2/c1-2-45-31-17-28-26(16-29(31)39-32(40)9-4-3-8-25-12-13-47(41,42)48(25,43)44)33(22(18-36)19-37-28)38-24-10-11-30(27(34)15-24)46-20-21-6-5-7-23(35)14-21/h5-7,10-11,14-17,19,25H,2-4,8-9,12-13,20H2,1H3,(H,37,38)(H,39,40). The number of fused-ring (bicyclic) bond motifs is 1. The van der Waals surface area contributed by atoms with Gasteiger partial charge in [0.15, 0.2) is 0 Å². The van der Waals surface area contributed by atoms with Crippen LogP contribution in [0.4, 0.5) is 21.5 Å². The van der Waals surface area contributed by atoms with Crippen LogP contribution in [0.15, 0.2) is 60.8 Å². The van der Waals surface area contributed by atoms with Crippen molar-refractivity contribution in [1.82, 2.24) is 4.98 Å². The Labute approximate surface area is 282 Å². The van der Waals surface area contributed by atoms with Crippen molar-refractivity contribution in [3.8, 4) is 17.6 Å². The van der Waals surface area contributed by atoms with Gasteiger partial charge in [0.25, 0.3) is 17.7 Å². The predicted molar refractivity (Wildman–Crippen MR) is 181 cm³/mol. The largest absolute Gasteiger partial charge is 0.492 e. The summed E-state index contributed by atoms with van der Waals surface area (Å²) in [7, 11) is -8.32. The minimum absolute atomic E-state index is 0.0663. The minimum atomic E-state index is -4.20. The molecular weight excluding hydrogens is 683 g/mol. The normalized spacial score (nSPS) is 16.2. The maximum atomic E-state index is 13.5. The number of hydrogen-bond acceptors (Lipinski definition) is 10. The molecule has 1 aliphatic heterocycles. The number of hydrogen-bond donors (Lipinski definition) is 2. The molecule has 0 bridgehead atoms. The molecule has 2 heterocycles. The third-order valence-corrected chi connectivity index (χ3v) is 14.2. The fraction of sp³-hybridized carbons (Fsp3) is 0.303. The number of carbonyl (C=O) groups is 1. The summed E-state index contributed by atoms with van der Waals surface area (Å²) in [6.07, 6.45) is 2.44. The molecule has 5 rings (SSSR count). The lowest BCUT2D eigenvalue weighted by Crippen LogP contribution is -2.19. The van der Waals surface area contributed by atoms with Crippen molar-refractivity contribution < 1.29 is 35.5 Å². The van der Waals surface area contributed by atoms with Crippen molar-refractivity contribution in [3.05, 3.63) is 82.8 Å². The lowest BCUT2D eigenvalue weighted by molar-refractivity contribution is -0.116. The lowest BCUT2D eigenvalue weighted by atomic mass is 10.1. The number of halogens is 2. The Morgan fingerprint density at radius 1 is 1.08 bits per heavy atom. The zero-order valence-corrected chi connectivity index (χ0v) is 28.2. The van der Waals surface area contributed by atoms with Crippen LogP contribution in [-0.4, -0.2) is 45.3 Å². The Bertz CT molecular complexity index is 2120. The van der Waals surface area contributed by atoms with Gasteiger partial charge in [0, 0.05) is 29.8 Å². The number of ether oxygens (including phenoxy) is 2. The Hall–Kier alpha value is -4.45. The smallest absolute Gasteiger partial charge is 0.256 e. The van der Waals surface area contributed by atoms with E-state index < -0.39 is 23.0 Å². The monoisotopic (exact) mass is 714 g/mol. The summed E-state index contributed by atoms with van der Waals surface area (Å²) in [5.41, 5.74) is 2.67. The molecule has 0 aliphatic carbocycles. The minimum Gasteiger partial charge on any atom is -0.492 e. The summed E-state index contributed by atoms with van der Waals surface area (Å²) in [5.74, 6) is -0.339. The molecule has 0 saturated carbocycles. The number of nitrogens with one attached hydrogen (secondary N) is 2. The molecule has 48 heavy (non-hydrogen) atoms. The number of benzene rings is 3. The van der Waals surface area contributed by atoms with Gasteiger partial charge in [0.2, 0.25) is 5.91 Å². The first-order chi connectivity index (χ1) is 22.9. The predicted octanol–water partition coefficient (Wildman–Crippen LogP) is 6.64. The summed E-state index contributed by atoms with van der Waals surface area (Å²) < 4.78 is 72.9. The van der Waals surface area contributed by atoms with Gasteiger partial charge in [-0.15, -0.1) is 0 Å². The highest BCUT2D eigenvalue weighted by molar-refractivity contribution is 8.67. The van der Waals surface area contributed by atoms with Gasteiger partial charge in [-0.1, -0.05) is 30.2 Å². The van der Waals surface area contributed by atoms with Crippen LogP contribution in [0.25, 0.3) is 10.9 Å². The molecule has 1 fully saturated rings. The summed E-state index contributed by atoms with van der Waals surface area (Å²) in [6.45, 7) is 2.21. The summed E-state index contributed by atoms with van der Waals surface area (Å²) in [5, 5.41) is 15.8. The molecule has 1 saturated heterocycles. The molecule has 1 aliphatic rings. The number of unbranched alkanes of at least 4 members (excludes halogenated alkanes) is 1. The third kappa shape index (κ3) is 7.81. The fourth-order valence-corrected chi connectivity index (χ4v) is 10.6. The average Bonchev–Trinajstić information content (AvgIpc) is 3.25. The molecule has 4 aromatic rings. The molecule has 1 unspecified atom stereocenters. The van der Waals surface area contributed by atoms with Crippen LogP contribution in [0.3, 0.4) is 0 Å². The number of pyridine rings is 1. The van der Waals surface area contributed by atoms with E-state index in [4.69, 9.17) is 21.1 Å². The van der Waals surface area contributed by atoms with E-state index in [9.17, 15) is 31.3 Å². The third-order valence-electron chi connectivity index (χ3n) is 7.78. The van der Waals surface area contributed by atoms with Gasteiger partial charge in [-0.25, -0.2) is 21.2 Å². The van der Waals surface area contributed by atoms with Crippen LogP contribution in [-0.2, 0) is 29.1 Å². The van der Waals surface area contributed by atoms with Gasteiger partial charge in [-0.05, 0) is 68.1 Å². The second kappa shape index (κ2) is 14.8. The van der Waals surface area contributed by atoms with E-state index in [-0.39, 0.29) is 53.9 Å². The van der Waals surface area contributed by atoms with Crippen LogP contribution < -0.4 is 20.1 Å². The van der Waals surface area contributed by atoms with Gasteiger partial charge in [-0.2, -0.15) is 5.26 Å². The van der Waals surface area contributed by atoms with Crippen molar-refractivity contribution in [1.29, 1.82) is 5.26 Å². The Kier molecular flexibility index (Phi) is 10.7. The van der Waals surface area contributed by atoms with Gasteiger partial charge in [0.1, 0.15) is 30.0 Å². The molecule has 11 nitrogen and oxygen atoms in total. The van der Waals surface area contributed by atoms with Crippen molar-refractivity contribution in [2.45, 2.75) is 50.9 Å². The van der Waals surface area contributed by atoms with E-state index >= 15 is 0 Å². The van der Waals surface area contributed by atoms with Gasteiger partial charge in [0.05, 0.1) is 45.1 Å². The van der Waals surface area contributed by atoms with Crippen molar-refractivity contribution in [2.24, 2.45) is 0 Å². The first-order valence-electron chi connectivity index (χ1n) is 15.1. The Morgan fingerprint density at radius 3 is 2.58 bits per heavy atom. The van der Waals surface area contributed by atoms with E-state index in [1.807, 2.05) is 0 Å². The van der Waals surface area contributed by atoms with Gasteiger partial charge < -0.3 is 20.1 Å². The molecule has 1 amide bonds.